The predicted molar refractivity (Wildman–Crippen MR) is 74.9 cm³/mol. The largest absolute Gasteiger partial charge is 0.516 e. The SMILES string of the molecule is O=C(c1ccccc1)c1cccc(NS(=O)(=O)C(F)(F)F)c1. The van der Waals surface area contributed by atoms with Crippen LogP contribution < -0.4 is 4.72 Å². The molecule has 0 saturated heterocycles. The molecule has 0 unspecified atom stereocenters. The molecule has 0 heterocycles. The van der Waals surface area contributed by atoms with Crippen LogP contribution in [0.5, 0.6) is 0 Å². The highest BCUT2D eigenvalue weighted by Crippen LogP contribution is 2.26. The van der Waals surface area contributed by atoms with E-state index in [2.05, 4.69) is 0 Å². The van der Waals surface area contributed by atoms with Crippen molar-refractivity contribution in [2.24, 2.45) is 0 Å². The van der Waals surface area contributed by atoms with Gasteiger partial charge in [-0.3, -0.25) is 9.52 Å². The van der Waals surface area contributed by atoms with Crippen LogP contribution in [0.4, 0.5) is 18.9 Å². The number of nitrogens with one attached hydrogen (secondary N) is 1. The van der Waals surface area contributed by atoms with Gasteiger partial charge in [-0.2, -0.15) is 21.6 Å². The zero-order valence-electron chi connectivity index (χ0n) is 11.0. The Morgan fingerprint density at radius 3 is 2.09 bits per heavy atom. The van der Waals surface area contributed by atoms with Crippen molar-refractivity contribution in [3.63, 3.8) is 0 Å². The van der Waals surface area contributed by atoms with E-state index in [1.807, 2.05) is 0 Å². The number of anilines is 1. The van der Waals surface area contributed by atoms with E-state index < -0.39 is 21.3 Å². The molecule has 22 heavy (non-hydrogen) atoms. The maximum atomic E-state index is 12.3. The van der Waals surface area contributed by atoms with Gasteiger partial charge in [0.15, 0.2) is 5.78 Å². The number of ketones is 1. The summed E-state index contributed by atoms with van der Waals surface area (Å²) in [4.78, 5) is 12.2. The van der Waals surface area contributed by atoms with Crippen LogP contribution in [0, 0.1) is 0 Å². The van der Waals surface area contributed by atoms with Crippen LogP contribution in [0.15, 0.2) is 54.6 Å². The lowest BCUT2D eigenvalue weighted by Gasteiger charge is -2.11. The van der Waals surface area contributed by atoms with Crippen molar-refractivity contribution in [3.8, 4) is 0 Å². The van der Waals surface area contributed by atoms with Crippen LogP contribution in [0.2, 0.25) is 0 Å². The van der Waals surface area contributed by atoms with Crippen molar-refractivity contribution >= 4 is 21.5 Å². The van der Waals surface area contributed by atoms with Gasteiger partial charge in [0.05, 0.1) is 0 Å². The van der Waals surface area contributed by atoms with E-state index >= 15 is 0 Å². The number of sulfonamides is 1. The first-order valence-electron chi connectivity index (χ1n) is 5.99. The second kappa shape index (κ2) is 5.80. The van der Waals surface area contributed by atoms with E-state index in [-0.39, 0.29) is 11.3 Å². The van der Waals surface area contributed by atoms with Gasteiger partial charge in [0, 0.05) is 16.8 Å². The third-order valence-corrected chi connectivity index (χ3v) is 3.83. The zero-order valence-corrected chi connectivity index (χ0v) is 11.8. The molecule has 0 fully saturated rings. The third-order valence-electron chi connectivity index (χ3n) is 2.72. The van der Waals surface area contributed by atoms with Crippen LogP contribution in [-0.2, 0) is 10.0 Å². The van der Waals surface area contributed by atoms with Crippen LogP contribution in [0.1, 0.15) is 15.9 Å². The Bertz CT molecular complexity index is 786. The van der Waals surface area contributed by atoms with Gasteiger partial charge in [0.25, 0.3) is 0 Å². The lowest BCUT2D eigenvalue weighted by atomic mass is 10.0. The number of rotatable bonds is 4. The Kier molecular flexibility index (Phi) is 4.23. The van der Waals surface area contributed by atoms with E-state index in [1.165, 1.54) is 16.9 Å². The second-order valence-electron chi connectivity index (χ2n) is 4.33. The minimum atomic E-state index is -5.52. The Hall–Kier alpha value is -2.35. The fraction of sp³-hybridized carbons (Fsp3) is 0.0714. The number of hydrogen-bond donors (Lipinski definition) is 1. The molecule has 0 aliphatic rings. The van der Waals surface area contributed by atoms with E-state index in [9.17, 15) is 26.4 Å². The molecular formula is C14H10F3NO3S. The molecule has 0 aromatic heterocycles. The number of benzene rings is 2. The molecule has 1 N–H and O–H groups in total. The summed E-state index contributed by atoms with van der Waals surface area (Å²) >= 11 is 0. The molecule has 0 aliphatic heterocycles. The highest BCUT2D eigenvalue weighted by Gasteiger charge is 2.46. The van der Waals surface area contributed by atoms with E-state index in [0.29, 0.717) is 5.56 Å². The van der Waals surface area contributed by atoms with Crippen molar-refractivity contribution in [2.45, 2.75) is 5.51 Å². The summed E-state index contributed by atoms with van der Waals surface area (Å²) in [5, 5.41) is 0. The van der Waals surface area contributed by atoms with Gasteiger partial charge in [-0.25, -0.2) is 0 Å². The predicted octanol–water partition coefficient (Wildman–Crippen LogP) is 3.18. The van der Waals surface area contributed by atoms with Gasteiger partial charge in [-0.05, 0) is 12.1 Å². The highest BCUT2D eigenvalue weighted by atomic mass is 32.2. The fourth-order valence-corrected chi connectivity index (χ4v) is 2.25. The molecule has 0 saturated carbocycles. The maximum Gasteiger partial charge on any atom is 0.516 e. The van der Waals surface area contributed by atoms with E-state index in [0.717, 1.165) is 12.1 Å². The van der Waals surface area contributed by atoms with Gasteiger partial charge in [0.1, 0.15) is 0 Å². The lowest BCUT2D eigenvalue weighted by Crippen LogP contribution is -2.29. The van der Waals surface area contributed by atoms with E-state index in [1.54, 1.807) is 30.3 Å². The van der Waals surface area contributed by atoms with Crippen LogP contribution in [-0.4, -0.2) is 19.7 Å². The molecule has 116 valence electrons. The zero-order chi connectivity index (χ0) is 16.4. The molecule has 0 atom stereocenters. The topological polar surface area (TPSA) is 63.2 Å². The molecule has 4 nitrogen and oxygen atoms in total. The van der Waals surface area contributed by atoms with Crippen molar-refractivity contribution in [3.05, 3.63) is 65.7 Å². The van der Waals surface area contributed by atoms with Gasteiger partial charge < -0.3 is 0 Å². The Balaban J connectivity index is 2.30. The summed E-state index contributed by atoms with van der Waals surface area (Å²) in [5.41, 5.74) is -5.34. The molecule has 2 rings (SSSR count). The summed E-state index contributed by atoms with van der Waals surface area (Å²) in [6, 6.07) is 13.0. The van der Waals surface area contributed by atoms with Crippen molar-refractivity contribution < 1.29 is 26.4 Å². The molecule has 8 heteroatoms. The van der Waals surface area contributed by atoms with E-state index in [4.69, 9.17) is 0 Å². The number of alkyl halides is 3. The summed E-state index contributed by atoms with van der Waals surface area (Å²) in [6.45, 7) is 0. The molecule has 0 radical (unpaired) electrons. The molecular weight excluding hydrogens is 319 g/mol. The van der Waals surface area contributed by atoms with Gasteiger partial charge >= 0.3 is 15.5 Å². The van der Waals surface area contributed by atoms with Crippen molar-refractivity contribution in [1.82, 2.24) is 0 Å². The van der Waals surface area contributed by atoms with Crippen LogP contribution in [0.25, 0.3) is 0 Å². The first-order valence-corrected chi connectivity index (χ1v) is 7.48. The molecule has 2 aromatic carbocycles. The van der Waals surface area contributed by atoms with Crippen LogP contribution >= 0.6 is 0 Å². The lowest BCUT2D eigenvalue weighted by molar-refractivity contribution is -0.0429. The molecule has 0 amide bonds. The third kappa shape index (κ3) is 3.45. The van der Waals surface area contributed by atoms with Crippen molar-refractivity contribution in [2.75, 3.05) is 4.72 Å². The monoisotopic (exact) mass is 329 g/mol. The summed E-state index contributed by atoms with van der Waals surface area (Å²) in [6.07, 6.45) is 0. The summed E-state index contributed by atoms with van der Waals surface area (Å²) < 4.78 is 60.5. The number of halogens is 3. The Morgan fingerprint density at radius 2 is 1.50 bits per heavy atom. The van der Waals surface area contributed by atoms with Crippen LogP contribution in [0.3, 0.4) is 0 Å². The first-order chi connectivity index (χ1) is 10.2. The van der Waals surface area contributed by atoms with Crippen molar-refractivity contribution in [1.29, 1.82) is 0 Å². The molecule has 0 aliphatic carbocycles. The number of hydrogen-bond acceptors (Lipinski definition) is 3. The molecule has 0 bridgehead atoms. The quantitative estimate of drug-likeness (QED) is 0.876. The average Bonchev–Trinajstić information content (AvgIpc) is 2.46. The standard InChI is InChI=1S/C14H10F3NO3S/c15-14(16,17)22(20,21)18-12-8-4-7-11(9-12)13(19)10-5-2-1-3-6-10/h1-9,18H. The summed E-state index contributed by atoms with van der Waals surface area (Å²) in [7, 11) is -5.52. The summed E-state index contributed by atoms with van der Waals surface area (Å²) in [5.74, 6) is -0.423. The van der Waals surface area contributed by atoms with Gasteiger partial charge in [-0.1, -0.05) is 42.5 Å². The smallest absolute Gasteiger partial charge is 0.289 e. The maximum absolute atomic E-state index is 12.3. The molecule has 2 aromatic rings. The second-order valence-corrected chi connectivity index (χ2v) is 6.00. The highest BCUT2D eigenvalue weighted by molar-refractivity contribution is 7.93. The van der Waals surface area contributed by atoms with Gasteiger partial charge in [-0.15, -0.1) is 0 Å². The number of carbonyl (C=O) groups excluding carboxylic acids is 1. The first kappa shape index (κ1) is 16.0. The minimum absolute atomic E-state index is 0.0774. The Labute approximate surface area is 124 Å². The number of carbonyl (C=O) groups is 1. The fourth-order valence-electron chi connectivity index (χ4n) is 1.69. The Morgan fingerprint density at radius 1 is 0.909 bits per heavy atom. The minimum Gasteiger partial charge on any atom is -0.289 e. The molecule has 0 spiro atoms. The van der Waals surface area contributed by atoms with Gasteiger partial charge in [0.2, 0.25) is 0 Å². The normalized spacial score (nSPS) is 12.0. The average molecular weight is 329 g/mol.